The van der Waals surface area contributed by atoms with Crippen LogP contribution in [0.5, 0.6) is 0 Å². The Balaban J connectivity index is 1.55. The van der Waals surface area contributed by atoms with Crippen molar-refractivity contribution in [3.05, 3.63) is 41.1 Å². The van der Waals surface area contributed by atoms with Crippen LogP contribution in [0.2, 0.25) is 0 Å². The van der Waals surface area contributed by atoms with E-state index in [1.807, 2.05) is 31.2 Å². The Kier molecular flexibility index (Phi) is 5.44. The molecule has 1 aromatic heterocycles. The number of hydrogen-bond donors (Lipinski definition) is 2. The number of nitrogens with zero attached hydrogens (tertiary/aromatic N) is 2. The summed E-state index contributed by atoms with van der Waals surface area (Å²) in [6.45, 7) is 4.16. The van der Waals surface area contributed by atoms with Crippen LogP contribution in [-0.2, 0) is 21.1 Å². The predicted octanol–water partition coefficient (Wildman–Crippen LogP) is 3.56. The Labute approximate surface area is 169 Å². The molecule has 2 heterocycles. The largest absolute Gasteiger partial charge is 0.345 e. The number of anilines is 1. The fourth-order valence-electron chi connectivity index (χ4n) is 4.02. The highest BCUT2D eigenvalue weighted by Gasteiger charge is 2.29. The van der Waals surface area contributed by atoms with Gasteiger partial charge in [0.25, 0.3) is 0 Å². The fourth-order valence-corrected chi connectivity index (χ4v) is 5.05. The van der Waals surface area contributed by atoms with Crippen LogP contribution >= 0.6 is 11.8 Å². The van der Waals surface area contributed by atoms with E-state index in [-0.39, 0.29) is 6.04 Å². The maximum absolute atomic E-state index is 12.7. The van der Waals surface area contributed by atoms with Crippen molar-refractivity contribution in [3.63, 3.8) is 0 Å². The number of hydrogen-bond acceptors (Lipinski definition) is 4. The quantitative estimate of drug-likeness (QED) is 0.775. The SMILES string of the molecule is Cc1cccc(-n2nc3c(c2NC(=O)C(=O)N[C@H]2CCCC[C@H]2C)CSC3)c1. The minimum atomic E-state index is -0.619. The number of thioether (sulfide) groups is 1. The van der Waals surface area contributed by atoms with Gasteiger partial charge in [-0.3, -0.25) is 9.59 Å². The normalized spacial score (nSPS) is 21.2. The molecule has 2 aliphatic rings. The summed E-state index contributed by atoms with van der Waals surface area (Å²) in [6, 6.07) is 8.05. The van der Waals surface area contributed by atoms with E-state index in [0.29, 0.717) is 11.7 Å². The maximum Gasteiger partial charge on any atom is 0.314 e. The van der Waals surface area contributed by atoms with E-state index >= 15 is 0 Å². The number of aryl methyl sites for hydroxylation is 1. The third kappa shape index (κ3) is 3.81. The second-order valence-corrected chi connectivity index (χ2v) is 8.80. The van der Waals surface area contributed by atoms with Crippen molar-refractivity contribution in [2.45, 2.75) is 57.1 Å². The van der Waals surface area contributed by atoms with Crippen LogP contribution in [0, 0.1) is 12.8 Å². The molecule has 6 nitrogen and oxygen atoms in total. The molecule has 28 heavy (non-hydrogen) atoms. The molecule has 0 spiro atoms. The summed E-state index contributed by atoms with van der Waals surface area (Å²) >= 11 is 1.77. The van der Waals surface area contributed by atoms with Crippen LogP contribution in [0.3, 0.4) is 0 Å². The molecule has 1 aliphatic carbocycles. The van der Waals surface area contributed by atoms with Gasteiger partial charge in [0, 0.05) is 23.1 Å². The van der Waals surface area contributed by atoms with Gasteiger partial charge < -0.3 is 10.6 Å². The molecule has 1 fully saturated rings. The molecule has 2 amide bonds. The van der Waals surface area contributed by atoms with Crippen LogP contribution in [-0.4, -0.2) is 27.6 Å². The molecular weight excluding hydrogens is 372 g/mol. The van der Waals surface area contributed by atoms with Crippen LogP contribution in [0.15, 0.2) is 24.3 Å². The first-order valence-corrected chi connectivity index (χ1v) is 11.1. The van der Waals surface area contributed by atoms with Crippen molar-refractivity contribution in [2.75, 3.05) is 5.32 Å². The summed E-state index contributed by atoms with van der Waals surface area (Å²) in [5, 5.41) is 10.5. The molecular formula is C21H26N4O2S. The van der Waals surface area contributed by atoms with E-state index < -0.39 is 11.8 Å². The van der Waals surface area contributed by atoms with Gasteiger partial charge in [0.15, 0.2) is 0 Å². The Morgan fingerprint density at radius 2 is 2.00 bits per heavy atom. The van der Waals surface area contributed by atoms with Gasteiger partial charge in [-0.15, -0.1) is 0 Å². The van der Waals surface area contributed by atoms with E-state index in [1.165, 1.54) is 6.42 Å². The number of fused-ring (bicyclic) bond motifs is 1. The van der Waals surface area contributed by atoms with Crippen molar-refractivity contribution in [1.29, 1.82) is 0 Å². The molecule has 148 valence electrons. The first-order valence-electron chi connectivity index (χ1n) is 9.90. The van der Waals surface area contributed by atoms with Crippen molar-refractivity contribution in [2.24, 2.45) is 5.92 Å². The number of rotatable bonds is 3. The van der Waals surface area contributed by atoms with Crippen LogP contribution in [0.25, 0.3) is 5.69 Å². The third-order valence-corrected chi connectivity index (χ3v) is 6.63. The number of carbonyl (C=O) groups excluding carboxylic acids is 2. The van der Waals surface area contributed by atoms with E-state index in [4.69, 9.17) is 5.10 Å². The van der Waals surface area contributed by atoms with E-state index in [1.54, 1.807) is 16.4 Å². The van der Waals surface area contributed by atoms with Gasteiger partial charge in [0.2, 0.25) is 0 Å². The lowest BCUT2D eigenvalue weighted by Gasteiger charge is -2.29. The van der Waals surface area contributed by atoms with Gasteiger partial charge in [0.05, 0.1) is 11.4 Å². The van der Waals surface area contributed by atoms with Gasteiger partial charge in [0.1, 0.15) is 5.82 Å². The molecule has 4 rings (SSSR count). The summed E-state index contributed by atoms with van der Waals surface area (Å²) in [6.07, 6.45) is 4.33. The molecule has 1 aromatic carbocycles. The van der Waals surface area contributed by atoms with Gasteiger partial charge in [-0.2, -0.15) is 16.9 Å². The molecule has 1 aliphatic heterocycles. The second kappa shape index (κ2) is 7.99. The van der Waals surface area contributed by atoms with Gasteiger partial charge in [-0.05, 0) is 43.4 Å². The Hall–Kier alpha value is -2.28. The lowest BCUT2D eigenvalue weighted by atomic mass is 9.86. The zero-order valence-electron chi connectivity index (χ0n) is 16.3. The summed E-state index contributed by atoms with van der Waals surface area (Å²) in [5.41, 5.74) is 3.99. The summed E-state index contributed by atoms with van der Waals surface area (Å²) < 4.78 is 1.76. The fraction of sp³-hybridized carbons (Fsp3) is 0.476. The van der Waals surface area contributed by atoms with Crippen molar-refractivity contribution >= 4 is 29.4 Å². The molecule has 0 unspecified atom stereocenters. The summed E-state index contributed by atoms with van der Waals surface area (Å²) in [7, 11) is 0. The second-order valence-electron chi connectivity index (χ2n) is 7.81. The molecule has 2 aromatic rings. The van der Waals surface area contributed by atoms with Crippen LogP contribution in [0.4, 0.5) is 5.82 Å². The first-order chi connectivity index (χ1) is 13.5. The van der Waals surface area contributed by atoms with Gasteiger partial charge in [-0.1, -0.05) is 31.9 Å². The van der Waals surface area contributed by atoms with Crippen molar-refractivity contribution in [1.82, 2.24) is 15.1 Å². The topological polar surface area (TPSA) is 76.0 Å². The molecule has 7 heteroatoms. The number of amides is 2. The van der Waals surface area contributed by atoms with Crippen LogP contribution in [0.1, 0.15) is 49.4 Å². The standard InChI is InChI=1S/C21H26N4O2S/c1-13-6-5-8-15(10-13)25-19(16-11-28-12-18(16)24-25)23-21(27)20(26)22-17-9-4-3-7-14(17)2/h5-6,8,10,14,17H,3-4,7,9,11-12H2,1-2H3,(H,22,26)(H,23,27)/t14-,17+/m1/s1. The molecule has 0 saturated heterocycles. The first kappa shape index (κ1) is 19.1. The molecule has 2 N–H and O–H groups in total. The average molecular weight is 399 g/mol. The molecule has 1 saturated carbocycles. The highest BCUT2D eigenvalue weighted by Crippen LogP contribution is 2.36. The number of nitrogens with one attached hydrogen (secondary N) is 2. The van der Waals surface area contributed by atoms with Gasteiger partial charge >= 0.3 is 11.8 Å². The highest BCUT2D eigenvalue weighted by molar-refractivity contribution is 7.98. The minimum absolute atomic E-state index is 0.0787. The van der Waals surface area contributed by atoms with E-state index in [0.717, 1.165) is 53.3 Å². The maximum atomic E-state index is 12.7. The highest BCUT2D eigenvalue weighted by atomic mass is 32.2. The molecule has 2 atom stereocenters. The zero-order valence-corrected chi connectivity index (χ0v) is 17.1. The lowest BCUT2D eigenvalue weighted by Crippen LogP contribution is -2.46. The Morgan fingerprint density at radius 3 is 2.79 bits per heavy atom. The molecule has 0 bridgehead atoms. The predicted molar refractivity (Wildman–Crippen MR) is 111 cm³/mol. The summed E-state index contributed by atoms with van der Waals surface area (Å²) in [5.74, 6) is 1.45. The number of aromatic nitrogens is 2. The minimum Gasteiger partial charge on any atom is -0.345 e. The molecule has 0 radical (unpaired) electrons. The Morgan fingerprint density at radius 1 is 1.18 bits per heavy atom. The lowest BCUT2D eigenvalue weighted by molar-refractivity contribution is -0.137. The zero-order chi connectivity index (χ0) is 19.7. The third-order valence-electron chi connectivity index (χ3n) is 5.66. The van der Waals surface area contributed by atoms with Crippen molar-refractivity contribution in [3.8, 4) is 5.69 Å². The Bertz CT molecular complexity index is 908. The van der Waals surface area contributed by atoms with Crippen molar-refractivity contribution < 1.29 is 9.59 Å². The monoisotopic (exact) mass is 398 g/mol. The van der Waals surface area contributed by atoms with Gasteiger partial charge in [-0.25, -0.2) is 4.68 Å². The van der Waals surface area contributed by atoms with E-state index in [2.05, 4.69) is 17.6 Å². The number of benzene rings is 1. The van der Waals surface area contributed by atoms with Crippen LogP contribution < -0.4 is 10.6 Å². The summed E-state index contributed by atoms with van der Waals surface area (Å²) in [4.78, 5) is 25.2. The van der Waals surface area contributed by atoms with E-state index in [9.17, 15) is 9.59 Å². The smallest absolute Gasteiger partial charge is 0.314 e. The average Bonchev–Trinajstić information content (AvgIpc) is 3.26. The number of carbonyl (C=O) groups is 2.